The van der Waals surface area contributed by atoms with Crippen LogP contribution in [-0.2, 0) is 0 Å². The van der Waals surface area contributed by atoms with Crippen LogP contribution in [0.15, 0.2) is 43.0 Å². The molecule has 2 aromatic heterocycles. The molecule has 0 saturated carbocycles. The number of aryl methyl sites for hydroxylation is 2. The molecule has 0 saturated heterocycles. The highest BCUT2D eigenvalue weighted by Crippen LogP contribution is 2.34. The number of ether oxygens (including phenoxy) is 1. The number of hydrogen-bond donors (Lipinski definition) is 0. The van der Waals surface area contributed by atoms with E-state index in [1.165, 1.54) is 23.3 Å². The van der Waals surface area contributed by atoms with Gasteiger partial charge in [-0.1, -0.05) is 6.07 Å². The summed E-state index contributed by atoms with van der Waals surface area (Å²) in [5, 5.41) is 0. The third kappa shape index (κ3) is 2.81. The molecule has 2 heterocycles. The number of halogens is 2. The fraction of sp³-hybridized carbons (Fsp3) is 0.150. The first kappa shape index (κ1) is 17.1. The normalized spacial score (nSPS) is 11.1. The van der Waals surface area contributed by atoms with Crippen molar-refractivity contribution in [3.05, 3.63) is 65.9 Å². The van der Waals surface area contributed by atoms with Gasteiger partial charge in [-0.2, -0.15) is 0 Å². The predicted molar refractivity (Wildman–Crippen MR) is 98.0 cm³/mol. The Bertz CT molecular complexity index is 1170. The maximum Gasteiger partial charge on any atom is 0.152 e. The van der Waals surface area contributed by atoms with Crippen LogP contribution in [0.5, 0.6) is 5.75 Å². The molecular formula is C20H16F2N4O. The Labute approximate surface area is 154 Å². The lowest BCUT2D eigenvalue weighted by Gasteiger charge is -2.15. The third-order valence-electron chi connectivity index (χ3n) is 4.51. The lowest BCUT2D eigenvalue weighted by atomic mass is 9.99. The van der Waals surface area contributed by atoms with Gasteiger partial charge in [0.05, 0.1) is 18.3 Å². The summed E-state index contributed by atoms with van der Waals surface area (Å²) >= 11 is 0. The maximum absolute atomic E-state index is 14.5. The van der Waals surface area contributed by atoms with Crippen molar-refractivity contribution in [1.29, 1.82) is 0 Å². The molecule has 0 bridgehead atoms. The largest absolute Gasteiger partial charge is 0.497 e. The van der Waals surface area contributed by atoms with E-state index >= 15 is 0 Å². The highest BCUT2D eigenvalue weighted by atomic mass is 19.1. The molecular weight excluding hydrogens is 350 g/mol. The number of aromatic nitrogens is 4. The lowest BCUT2D eigenvalue weighted by molar-refractivity contribution is 0.414. The minimum absolute atomic E-state index is 0.168. The van der Waals surface area contributed by atoms with Crippen molar-refractivity contribution in [3.63, 3.8) is 0 Å². The topological polar surface area (TPSA) is 52.8 Å². The van der Waals surface area contributed by atoms with Gasteiger partial charge in [0.1, 0.15) is 35.6 Å². The molecule has 27 heavy (non-hydrogen) atoms. The molecule has 2 aromatic carbocycles. The third-order valence-corrected chi connectivity index (χ3v) is 4.51. The van der Waals surface area contributed by atoms with E-state index in [2.05, 4.69) is 15.0 Å². The zero-order valence-corrected chi connectivity index (χ0v) is 15.0. The summed E-state index contributed by atoms with van der Waals surface area (Å²) in [6.07, 6.45) is 2.86. The van der Waals surface area contributed by atoms with Crippen molar-refractivity contribution in [2.45, 2.75) is 13.8 Å². The predicted octanol–water partition coefficient (Wildman–Crippen LogP) is 4.39. The van der Waals surface area contributed by atoms with Crippen LogP contribution in [0.4, 0.5) is 8.78 Å². The number of nitrogens with zero attached hydrogens (tertiary/aromatic N) is 4. The Balaban J connectivity index is 2.01. The number of fused-ring (bicyclic) bond motifs is 1. The van der Waals surface area contributed by atoms with E-state index in [9.17, 15) is 8.78 Å². The van der Waals surface area contributed by atoms with E-state index in [0.29, 0.717) is 5.82 Å². The van der Waals surface area contributed by atoms with Crippen molar-refractivity contribution >= 4 is 11.0 Å². The lowest BCUT2D eigenvalue weighted by Crippen LogP contribution is -2.04. The molecule has 0 radical (unpaired) electrons. The van der Waals surface area contributed by atoms with Crippen molar-refractivity contribution in [3.8, 4) is 22.7 Å². The number of hydrogen-bond acceptors (Lipinski definition) is 4. The van der Waals surface area contributed by atoms with Gasteiger partial charge in [-0.3, -0.25) is 4.57 Å². The molecule has 136 valence electrons. The van der Waals surface area contributed by atoms with Crippen molar-refractivity contribution < 1.29 is 13.5 Å². The van der Waals surface area contributed by atoms with Crippen LogP contribution in [0.3, 0.4) is 0 Å². The Morgan fingerprint density at radius 3 is 2.56 bits per heavy atom. The Kier molecular flexibility index (Phi) is 4.07. The summed E-state index contributed by atoms with van der Waals surface area (Å²) in [4.78, 5) is 12.8. The fourth-order valence-electron chi connectivity index (χ4n) is 3.23. The molecule has 0 amide bonds. The van der Waals surface area contributed by atoms with Crippen LogP contribution in [0.2, 0.25) is 0 Å². The van der Waals surface area contributed by atoms with Gasteiger partial charge in [-0.15, -0.1) is 0 Å². The molecule has 4 aromatic rings. The SMILES string of the molecule is COc1ccc(-c2c(C)ncnc2-n2cnc3cc(F)cc(F)c32)c(C)c1. The first-order chi connectivity index (χ1) is 13.0. The monoisotopic (exact) mass is 366 g/mol. The van der Waals surface area contributed by atoms with Crippen LogP contribution in [-0.4, -0.2) is 26.6 Å². The second kappa shape index (κ2) is 6.42. The smallest absolute Gasteiger partial charge is 0.152 e. The van der Waals surface area contributed by atoms with Crippen LogP contribution in [0.25, 0.3) is 28.0 Å². The first-order valence-electron chi connectivity index (χ1n) is 8.28. The van der Waals surface area contributed by atoms with E-state index in [-0.39, 0.29) is 11.0 Å². The van der Waals surface area contributed by atoms with E-state index in [4.69, 9.17) is 4.74 Å². The van der Waals surface area contributed by atoms with E-state index in [0.717, 1.165) is 34.2 Å². The Morgan fingerprint density at radius 2 is 1.81 bits per heavy atom. The summed E-state index contributed by atoms with van der Waals surface area (Å²) in [6.45, 7) is 3.81. The van der Waals surface area contributed by atoms with E-state index in [1.54, 1.807) is 7.11 Å². The Hall–Kier alpha value is -3.35. The number of imidazole rings is 1. The molecule has 5 nitrogen and oxygen atoms in total. The summed E-state index contributed by atoms with van der Waals surface area (Å²) in [7, 11) is 1.61. The minimum atomic E-state index is -0.698. The number of rotatable bonds is 3. The molecule has 0 atom stereocenters. The molecule has 0 fully saturated rings. The molecule has 0 unspecified atom stereocenters. The molecule has 0 spiro atoms. The summed E-state index contributed by atoms with van der Waals surface area (Å²) in [5.74, 6) is -0.155. The molecule has 0 aliphatic carbocycles. The average Bonchev–Trinajstić information content (AvgIpc) is 3.06. The van der Waals surface area contributed by atoms with Gasteiger partial charge in [-0.25, -0.2) is 23.7 Å². The van der Waals surface area contributed by atoms with E-state index < -0.39 is 11.6 Å². The van der Waals surface area contributed by atoms with Crippen LogP contribution < -0.4 is 4.74 Å². The standard InChI is InChI=1S/C20H16F2N4O/c1-11-6-14(27-3)4-5-15(11)18-12(2)23-9-24-20(18)26-10-25-17-8-13(21)7-16(22)19(17)26/h4-10H,1-3H3. The fourth-order valence-corrected chi connectivity index (χ4v) is 3.23. The summed E-state index contributed by atoms with van der Waals surface area (Å²) in [6, 6.07) is 7.71. The van der Waals surface area contributed by atoms with Gasteiger partial charge in [0.2, 0.25) is 0 Å². The van der Waals surface area contributed by atoms with Gasteiger partial charge < -0.3 is 4.74 Å². The molecule has 0 aliphatic heterocycles. The summed E-state index contributed by atoms with van der Waals surface area (Å²) < 4.78 is 34.8. The van der Waals surface area contributed by atoms with Crippen LogP contribution >= 0.6 is 0 Å². The molecule has 4 rings (SSSR count). The average molecular weight is 366 g/mol. The number of methoxy groups -OCH3 is 1. The van der Waals surface area contributed by atoms with Crippen LogP contribution in [0.1, 0.15) is 11.3 Å². The maximum atomic E-state index is 14.5. The van der Waals surface area contributed by atoms with Crippen molar-refractivity contribution in [1.82, 2.24) is 19.5 Å². The second-order valence-corrected chi connectivity index (χ2v) is 6.21. The van der Waals surface area contributed by atoms with Gasteiger partial charge in [-0.05, 0) is 37.1 Å². The minimum Gasteiger partial charge on any atom is -0.497 e. The van der Waals surface area contributed by atoms with Crippen molar-refractivity contribution in [2.24, 2.45) is 0 Å². The zero-order chi connectivity index (χ0) is 19.1. The van der Waals surface area contributed by atoms with Gasteiger partial charge in [0, 0.05) is 17.7 Å². The highest BCUT2D eigenvalue weighted by Gasteiger charge is 2.19. The second-order valence-electron chi connectivity index (χ2n) is 6.21. The first-order valence-corrected chi connectivity index (χ1v) is 8.28. The Morgan fingerprint density at radius 1 is 1.00 bits per heavy atom. The molecule has 0 N–H and O–H groups in total. The van der Waals surface area contributed by atoms with E-state index in [1.807, 2.05) is 32.0 Å². The van der Waals surface area contributed by atoms with Gasteiger partial charge in [0.25, 0.3) is 0 Å². The quantitative estimate of drug-likeness (QED) is 0.540. The van der Waals surface area contributed by atoms with Crippen molar-refractivity contribution in [2.75, 3.05) is 7.11 Å². The molecule has 7 heteroatoms. The molecule has 0 aliphatic rings. The van der Waals surface area contributed by atoms with Gasteiger partial charge >= 0.3 is 0 Å². The highest BCUT2D eigenvalue weighted by molar-refractivity contribution is 5.82. The van der Waals surface area contributed by atoms with Gasteiger partial charge in [0.15, 0.2) is 5.82 Å². The summed E-state index contributed by atoms with van der Waals surface area (Å²) in [5.41, 5.74) is 3.74. The zero-order valence-electron chi connectivity index (χ0n) is 15.0. The van der Waals surface area contributed by atoms with Crippen LogP contribution in [0, 0.1) is 25.5 Å². The number of benzene rings is 2.